The van der Waals surface area contributed by atoms with Crippen molar-refractivity contribution in [3.63, 3.8) is 0 Å². The number of aromatic nitrogens is 2. The number of aliphatic hydroxyl groups excluding tert-OH is 2. The van der Waals surface area contributed by atoms with E-state index in [0.717, 1.165) is 10.8 Å². The zero-order valence-electron chi connectivity index (χ0n) is 10.4. The number of aromatic amines is 1. The van der Waals surface area contributed by atoms with Gasteiger partial charge in [0.05, 0.1) is 18.9 Å². The van der Waals surface area contributed by atoms with Crippen LogP contribution in [0.25, 0.3) is 0 Å². The van der Waals surface area contributed by atoms with Gasteiger partial charge in [-0.2, -0.15) is 4.39 Å². The predicted molar refractivity (Wildman–Crippen MR) is 64.9 cm³/mol. The molecule has 0 aromatic carbocycles. The van der Waals surface area contributed by atoms with E-state index in [4.69, 9.17) is 24.2 Å². The SMILES string of the molecule is O=[P+](O)O.O=c1[nH]c(=O)n([C@H]2C[C@H](O)[C@@H](CO)O2)cc1F. The van der Waals surface area contributed by atoms with Gasteiger partial charge in [0, 0.05) is 11.0 Å². The maximum Gasteiger partial charge on any atom is 0.692 e. The fourth-order valence-electron chi connectivity index (χ4n) is 1.72. The molecule has 1 aliphatic heterocycles. The minimum absolute atomic E-state index is 0.0383. The summed E-state index contributed by atoms with van der Waals surface area (Å²) >= 11 is 0. The van der Waals surface area contributed by atoms with Gasteiger partial charge in [0.15, 0.2) is 0 Å². The molecule has 0 aliphatic carbocycles. The highest BCUT2D eigenvalue weighted by Crippen LogP contribution is 2.27. The first-order valence-corrected chi connectivity index (χ1v) is 6.73. The van der Waals surface area contributed by atoms with Crippen molar-refractivity contribution in [2.75, 3.05) is 6.61 Å². The summed E-state index contributed by atoms with van der Waals surface area (Å²) in [6.07, 6.45) is -1.90. The van der Waals surface area contributed by atoms with E-state index >= 15 is 0 Å². The first-order chi connectivity index (χ1) is 9.76. The van der Waals surface area contributed by atoms with E-state index in [1.165, 1.54) is 0 Å². The van der Waals surface area contributed by atoms with Gasteiger partial charge in [-0.25, -0.2) is 4.79 Å². The second-order valence-corrected chi connectivity index (χ2v) is 4.52. The molecule has 0 amide bonds. The van der Waals surface area contributed by atoms with Gasteiger partial charge in [0.1, 0.15) is 12.3 Å². The summed E-state index contributed by atoms with van der Waals surface area (Å²) in [4.78, 5) is 38.2. The van der Waals surface area contributed by atoms with E-state index in [0.29, 0.717) is 0 Å². The van der Waals surface area contributed by atoms with Crippen molar-refractivity contribution in [2.45, 2.75) is 24.9 Å². The fourth-order valence-corrected chi connectivity index (χ4v) is 1.72. The second-order valence-electron chi connectivity index (χ2n) is 4.01. The monoisotopic (exact) mass is 327 g/mol. The van der Waals surface area contributed by atoms with Gasteiger partial charge in [-0.1, -0.05) is 0 Å². The lowest BCUT2D eigenvalue weighted by Crippen LogP contribution is -2.34. The largest absolute Gasteiger partial charge is 0.692 e. The molecule has 2 rings (SSSR count). The number of halogens is 1. The predicted octanol–water partition coefficient (Wildman–Crippen LogP) is -2.06. The highest BCUT2D eigenvalue weighted by atomic mass is 31.1. The van der Waals surface area contributed by atoms with Crippen LogP contribution < -0.4 is 11.2 Å². The molecule has 1 saturated heterocycles. The first-order valence-electron chi connectivity index (χ1n) is 5.56. The molecule has 10 nitrogen and oxygen atoms in total. The first kappa shape index (κ1) is 17.6. The van der Waals surface area contributed by atoms with Crippen LogP contribution in [-0.4, -0.2) is 48.4 Å². The summed E-state index contributed by atoms with van der Waals surface area (Å²) in [5.41, 5.74) is -1.93. The Morgan fingerprint density at radius 2 is 2.05 bits per heavy atom. The van der Waals surface area contributed by atoms with Crippen molar-refractivity contribution < 1.29 is 33.7 Å². The van der Waals surface area contributed by atoms with Crippen LogP contribution in [0.4, 0.5) is 4.39 Å². The second kappa shape index (κ2) is 7.50. The number of hydrogen-bond acceptors (Lipinski definition) is 6. The fraction of sp³-hybridized carbons (Fsp3) is 0.556. The number of nitrogens with one attached hydrogen (secondary N) is 1. The zero-order valence-corrected chi connectivity index (χ0v) is 11.3. The molecule has 0 spiro atoms. The molecule has 3 atom stereocenters. The van der Waals surface area contributed by atoms with Gasteiger partial charge in [-0.05, 0) is 0 Å². The third kappa shape index (κ3) is 4.77. The third-order valence-electron chi connectivity index (χ3n) is 2.62. The van der Waals surface area contributed by atoms with Gasteiger partial charge in [-0.3, -0.25) is 14.3 Å². The van der Waals surface area contributed by atoms with Gasteiger partial charge in [0.25, 0.3) is 5.56 Å². The van der Waals surface area contributed by atoms with Crippen molar-refractivity contribution in [1.29, 1.82) is 0 Å². The number of rotatable bonds is 2. The zero-order chi connectivity index (χ0) is 16.2. The van der Waals surface area contributed by atoms with E-state index in [1.807, 2.05) is 0 Å². The Bertz CT molecular complexity index is 613. The maximum atomic E-state index is 13.0. The Morgan fingerprint density at radius 1 is 1.48 bits per heavy atom. The van der Waals surface area contributed by atoms with Crippen LogP contribution in [-0.2, 0) is 9.30 Å². The van der Waals surface area contributed by atoms with Crippen molar-refractivity contribution in [3.05, 3.63) is 32.9 Å². The molecule has 21 heavy (non-hydrogen) atoms. The highest BCUT2D eigenvalue weighted by Gasteiger charge is 2.35. The molecule has 0 saturated carbocycles. The van der Waals surface area contributed by atoms with Crippen LogP contribution in [0.15, 0.2) is 15.8 Å². The molecule has 1 fully saturated rings. The molecule has 1 aromatic heterocycles. The smallest absolute Gasteiger partial charge is 0.394 e. The van der Waals surface area contributed by atoms with E-state index in [1.54, 1.807) is 4.98 Å². The number of nitrogens with zero attached hydrogens (tertiary/aromatic N) is 1. The molecule has 0 radical (unpaired) electrons. The van der Waals surface area contributed by atoms with Gasteiger partial charge >= 0.3 is 13.9 Å². The van der Waals surface area contributed by atoms with Crippen LogP contribution in [0.2, 0.25) is 0 Å². The summed E-state index contributed by atoms with van der Waals surface area (Å²) in [5.74, 6) is -1.12. The quantitative estimate of drug-likeness (QED) is 0.387. The molecule has 5 N–H and O–H groups in total. The van der Waals surface area contributed by atoms with E-state index in [9.17, 15) is 19.1 Å². The van der Waals surface area contributed by atoms with Gasteiger partial charge < -0.3 is 14.9 Å². The van der Waals surface area contributed by atoms with Crippen LogP contribution in [0.3, 0.4) is 0 Å². The minimum atomic E-state index is -2.87. The summed E-state index contributed by atoms with van der Waals surface area (Å²) in [6, 6.07) is 0. The van der Waals surface area contributed by atoms with Crippen molar-refractivity contribution >= 4 is 8.25 Å². The summed E-state index contributed by atoms with van der Waals surface area (Å²) in [7, 11) is -2.87. The normalized spacial score (nSPS) is 24.3. The number of hydrogen-bond donors (Lipinski definition) is 5. The standard InChI is InChI=1S/C9H11FN2O5.HO3P/c10-4-2-12(9(16)11-8(4)15)7-1-5(14)6(3-13)17-7;1-4(2)3/h2,5-7,13-14H,1,3H2,(H,11,15,16);(H-,1,2,3)/p+1/t5-,6+,7+;/m0./s1. The third-order valence-corrected chi connectivity index (χ3v) is 2.62. The summed E-state index contributed by atoms with van der Waals surface area (Å²) < 4.78 is 27.7. The van der Waals surface area contributed by atoms with Crippen molar-refractivity contribution in [3.8, 4) is 0 Å². The maximum absolute atomic E-state index is 13.0. The lowest BCUT2D eigenvalue weighted by Gasteiger charge is -2.13. The number of ether oxygens (including phenoxy) is 1. The van der Waals surface area contributed by atoms with E-state index < -0.39 is 50.4 Å². The minimum Gasteiger partial charge on any atom is -0.394 e. The molecule has 1 aromatic rings. The number of aliphatic hydroxyl groups is 2. The van der Waals surface area contributed by atoms with Crippen LogP contribution in [0, 0.1) is 5.82 Å². The molecule has 12 heteroatoms. The van der Waals surface area contributed by atoms with Gasteiger partial charge in [0.2, 0.25) is 5.82 Å². The number of H-pyrrole nitrogens is 1. The van der Waals surface area contributed by atoms with Gasteiger partial charge in [-0.15, -0.1) is 9.79 Å². The summed E-state index contributed by atoms with van der Waals surface area (Å²) in [5, 5.41) is 18.3. The lowest BCUT2D eigenvalue weighted by molar-refractivity contribution is -0.0462. The molecule has 2 heterocycles. The molecular formula is C9H13FN2O8P+. The average Bonchev–Trinajstić information content (AvgIpc) is 2.74. The Labute approximate surface area is 117 Å². The molecule has 0 bridgehead atoms. The average molecular weight is 327 g/mol. The van der Waals surface area contributed by atoms with Crippen LogP contribution in [0.1, 0.15) is 12.6 Å². The molecule has 0 unspecified atom stereocenters. The molecule has 1 aliphatic rings. The highest BCUT2D eigenvalue weighted by molar-refractivity contribution is 7.30. The van der Waals surface area contributed by atoms with E-state index in [2.05, 4.69) is 0 Å². The van der Waals surface area contributed by atoms with Crippen molar-refractivity contribution in [2.24, 2.45) is 0 Å². The Kier molecular flexibility index (Phi) is 6.27. The van der Waals surface area contributed by atoms with Crippen molar-refractivity contribution in [1.82, 2.24) is 9.55 Å². The topological polar surface area (TPSA) is 162 Å². The Balaban J connectivity index is 0.000000491. The van der Waals surface area contributed by atoms with Crippen LogP contribution >= 0.6 is 8.25 Å². The Morgan fingerprint density at radius 3 is 2.52 bits per heavy atom. The van der Waals surface area contributed by atoms with E-state index in [-0.39, 0.29) is 6.42 Å². The lowest BCUT2D eigenvalue weighted by atomic mass is 10.2. The Hall–Kier alpha value is -1.49. The van der Waals surface area contributed by atoms with Crippen LogP contribution in [0.5, 0.6) is 0 Å². The summed E-state index contributed by atoms with van der Waals surface area (Å²) in [6.45, 7) is -0.405. The molecule has 118 valence electrons. The molecular weight excluding hydrogens is 314 g/mol.